The maximum absolute atomic E-state index is 13.0. The van der Waals surface area contributed by atoms with Crippen molar-refractivity contribution in [2.75, 3.05) is 0 Å². The SMILES string of the molecule is CCC1(O)C(=O)OCc2c1cc1n(c2=O)CC2=CC3C=CC=CC3N=C21. The summed E-state index contributed by atoms with van der Waals surface area (Å²) in [5, 5.41) is 10.8. The molecular formula is C20H18N2O4. The first-order chi connectivity index (χ1) is 12.5. The molecule has 3 unspecified atom stereocenters. The molecule has 0 fully saturated rings. The van der Waals surface area contributed by atoms with Gasteiger partial charge in [-0.2, -0.15) is 0 Å². The van der Waals surface area contributed by atoms with Crippen molar-refractivity contribution in [3.05, 3.63) is 69.2 Å². The Morgan fingerprint density at radius 3 is 2.96 bits per heavy atom. The number of aliphatic hydroxyl groups is 1. The monoisotopic (exact) mass is 350 g/mol. The highest BCUT2D eigenvalue weighted by Gasteiger charge is 2.45. The predicted octanol–water partition coefficient (Wildman–Crippen LogP) is 1.36. The Bertz CT molecular complexity index is 1030. The van der Waals surface area contributed by atoms with Crippen molar-refractivity contribution < 1.29 is 14.6 Å². The van der Waals surface area contributed by atoms with Gasteiger partial charge in [-0.15, -0.1) is 0 Å². The Kier molecular flexibility index (Phi) is 3.07. The minimum Gasteiger partial charge on any atom is -0.458 e. The highest BCUT2D eigenvalue weighted by molar-refractivity contribution is 6.14. The van der Waals surface area contributed by atoms with Gasteiger partial charge in [-0.1, -0.05) is 37.3 Å². The third-order valence-electron chi connectivity index (χ3n) is 5.74. The molecule has 1 N–H and O–H groups in total. The van der Waals surface area contributed by atoms with E-state index in [1.165, 1.54) is 0 Å². The van der Waals surface area contributed by atoms with Crippen molar-refractivity contribution in [2.24, 2.45) is 10.9 Å². The standard InChI is InChI=1S/C20H18N2O4/c1-2-20(25)14-8-16-17-12(7-11-5-3-4-6-15(11)21-17)9-22(16)18(23)13(14)10-26-19(20)24/h3-8,11,15,25H,2,9-10H2,1H3. The van der Waals surface area contributed by atoms with Crippen molar-refractivity contribution in [3.8, 4) is 0 Å². The Balaban J connectivity index is 1.73. The highest BCUT2D eigenvalue weighted by Crippen LogP contribution is 2.36. The summed E-state index contributed by atoms with van der Waals surface area (Å²) in [5.41, 5.74) is 1.18. The van der Waals surface area contributed by atoms with Crippen LogP contribution in [-0.2, 0) is 28.3 Å². The van der Waals surface area contributed by atoms with E-state index in [1.54, 1.807) is 17.6 Å². The second-order valence-electron chi connectivity index (χ2n) is 7.11. The zero-order chi connectivity index (χ0) is 18.1. The third kappa shape index (κ3) is 1.88. The molecule has 6 heteroatoms. The summed E-state index contributed by atoms with van der Waals surface area (Å²) in [7, 11) is 0. The van der Waals surface area contributed by atoms with Gasteiger partial charge in [0.25, 0.3) is 5.56 Å². The Morgan fingerprint density at radius 2 is 2.15 bits per heavy atom. The molecule has 0 aromatic carbocycles. The van der Waals surface area contributed by atoms with Crippen molar-refractivity contribution in [1.82, 2.24) is 4.57 Å². The molecule has 4 heterocycles. The number of hydrogen-bond acceptors (Lipinski definition) is 5. The summed E-state index contributed by atoms with van der Waals surface area (Å²) in [6.45, 7) is 2.06. The second-order valence-corrected chi connectivity index (χ2v) is 7.11. The Hall–Kier alpha value is -2.73. The van der Waals surface area contributed by atoms with Crippen LogP contribution in [0.2, 0.25) is 0 Å². The normalized spacial score (nSPS) is 30.6. The van der Waals surface area contributed by atoms with Gasteiger partial charge >= 0.3 is 5.97 Å². The number of aliphatic imine (C=N–C) groups is 1. The minimum absolute atomic E-state index is 0.0199. The van der Waals surface area contributed by atoms with E-state index >= 15 is 0 Å². The zero-order valence-corrected chi connectivity index (χ0v) is 14.3. The molecule has 0 saturated carbocycles. The number of allylic oxidation sites excluding steroid dienone is 3. The van der Waals surface area contributed by atoms with Crippen LogP contribution in [0.15, 0.2) is 51.8 Å². The van der Waals surface area contributed by atoms with Gasteiger partial charge in [-0.25, -0.2) is 4.79 Å². The van der Waals surface area contributed by atoms with Crippen LogP contribution in [0, 0.1) is 5.92 Å². The fraction of sp³-hybridized carbons (Fsp3) is 0.350. The van der Waals surface area contributed by atoms with Gasteiger partial charge in [0.2, 0.25) is 0 Å². The maximum atomic E-state index is 13.0. The topological polar surface area (TPSA) is 80.9 Å². The van der Waals surface area contributed by atoms with Crippen LogP contribution in [0.1, 0.15) is 30.2 Å². The average Bonchev–Trinajstić information content (AvgIpc) is 3.01. The minimum atomic E-state index is -1.78. The first-order valence-corrected chi connectivity index (χ1v) is 8.84. The number of dihydropyridines is 1. The summed E-state index contributed by atoms with van der Waals surface area (Å²) in [4.78, 5) is 30.0. The van der Waals surface area contributed by atoms with Gasteiger partial charge < -0.3 is 14.4 Å². The number of esters is 1. The number of hydrogen-bond donors (Lipinski definition) is 1. The van der Waals surface area contributed by atoms with Crippen LogP contribution in [0.3, 0.4) is 0 Å². The number of rotatable bonds is 1. The molecule has 0 amide bonds. The molecule has 132 valence electrons. The molecule has 4 aliphatic rings. The van der Waals surface area contributed by atoms with E-state index in [-0.39, 0.29) is 30.5 Å². The molecule has 3 atom stereocenters. The summed E-state index contributed by atoms with van der Waals surface area (Å²) < 4.78 is 6.75. The number of carbonyl (C=O) groups excluding carboxylic acids is 1. The Morgan fingerprint density at radius 1 is 1.35 bits per heavy atom. The molecule has 6 nitrogen and oxygen atoms in total. The molecule has 3 aliphatic heterocycles. The van der Waals surface area contributed by atoms with Crippen molar-refractivity contribution in [2.45, 2.75) is 38.1 Å². The van der Waals surface area contributed by atoms with Crippen LogP contribution in [0.25, 0.3) is 0 Å². The lowest BCUT2D eigenvalue weighted by molar-refractivity contribution is -0.172. The Labute approximate surface area is 149 Å². The number of pyridine rings is 1. The molecule has 0 bridgehead atoms. The van der Waals surface area contributed by atoms with E-state index in [2.05, 4.69) is 12.2 Å². The third-order valence-corrected chi connectivity index (χ3v) is 5.74. The van der Waals surface area contributed by atoms with E-state index in [4.69, 9.17) is 9.73 Å². The van der Waals surface area contributed by atoms with Crippen LogP contribution in [0.5, 0.6) is 0 Å². The summed E-state index contributed by atoms with van der Waals surface area (Å²) in [6.07, 6.45) is 10.4. The second kappa shape index (κ2) is 5.14. The molecule has 0 spiro atoms. The van der Waals surface area contributed by atoms with Crippen molar-refractivity contribution in [3.63, 3.8) is 0 Å². The van der Waals surface area contributed by atoms with E-state index in [0.717, 1.165) is 11.3 Å². The van der Waals surface area contributed by atoms with Gasteiger partial charge in [0.1, 0.15) is 6.61 Å². The number of fused-ring (bicyclic) bond motifs is 5. The largest absolute Gasteiger partial charge is 0.458 e. The fourth-order valence-electron chi connectivity index (χ4n) is 4.22. The van der Waals surface area contributed by atoms with Crippen LogP contribution in [0.4, 0.5) is 0 Å². The fourth-order valence-corrected chi connectivity index (χ4v) is 4.22. The first-order valence-electron chi connectivity index (χ1n) is 8.84. The molecule has 0 saturated heterocycles. The maximum Gasteiger partial charge on any atom is 0.343 e. The molecule has 1 aromatic heterocycles. The smallest absolute Gasteiger partial charge is 0.343 e. The predicted molar refractivity (Wildman–Crippen MR) is 94.9 cm³/mol. The van der Waals surface area contributed by atoms with Gasteiger partial charge in [-0.3, -0.25) is 9.79 Å². The van der Waals surface area contributed by atoms with Crippen LogP contribution in [-0.4, -0.2) is 27.4 Å². The van der Waals surface area contributed by atoms with E-state index < -0.39 is 11.6 Å². The molecule has 1 aromatic rings. The van der Waals surface area contributed by atoms with Gasteiger partial charge in [0.05, 0.1) is 29.6 Å². The van der Waals surface area contributed by atoms with Crippen molar-refractivity contribution in [1.29, 1.82) is 0 Å². The van der Waals surface area contributed by atoms with Crippen LogP contribution < -0.4 is 5.56 Å². The van der Waals surface area contributed by atoms with E-state index in [1.807, 2.05) is 18.2 Å². The number of aromatic nitrogens is 1. The molecule has 1 aliphatic carbocycles. The van der Waals surface area contributed by atoms with E-state index in [9.17, 15) is 14.7 Å². The molecule has 26 heavy (non-hydrogen) atoms. The highest BCUT2D eigenvalue weighted by atomic mass is 16.6. The molecular weight excluding hydrogens is 332 g/mol. The number of nitrogens with zero attached hydrogens (tertiary/aromatic N) is 2. The quantitative estimate of drug-likeness (QED) is 0.776. The van der Waals surface area contributed by atoms with Crippen molar-refractivity contribution >= 4 is 11.7 Å². The summed E-state index contributed by atoms with van der Waals surface area (Å²) in [5.74, 6) is -0.493. The number of cyclic esters (lactones) is 1. The lowest BCUT2D eigenvalue weighted by Crippen LogP contribution is -2.44. The van der Waals surface area contributed by atoms with Gasteiger partial charge in [-0.05, 0) is 18.1 Å². The first kappa shape index (κ1) is 15.5. The van der Waals surface area contributed by atoms with Crippen LogP contribution >= 0.6 is 0 Å². The molecule has 5 rings (SSSR count). The average molecular weight is 350 g/mol. The lowest BCUT2D eigenvalue weighted by atomic mass is 9.85. The van der Waals surface area contributed by atoms with E-state index in [0.29, 0.717) is 23.4 Å². The summed E-state index contributed by atoms with van der Waals surface area (Å²) >= 11 is 0. The number of ether oxygens (including phenoxy) is 1. The van der Waals surface area contributed by atoms with Gasteiger partial charge in [0.15, 0.2) is 5.60 Å². The number of carbonyl (C=O) groups is 1. The zero-order valence-electron chi connectivity index (χ0n) is 14.3. The summed E-state index contributed by atoms with van der Waals surface area (Å²) in [6, 6.07) is 1.77. The lowest BCUT2D eigenvalue weighted by Gasteiger charge is -2.31. The van der Waals surface area contributed by atoms with Gasteiger partial charge in [0, 0.05) is 11.5 Å². The molecule has 0 radical (unpaired) electrons.